The van der Waals surface area contributed by atoms with Crippen LogP contribution in [-0.4, -0.2) is 46.8 Å². The molecule has 0 aromatic carbocycles. The van der Waals surface area contributed by atoms with Crippen LogP contribution in [0.15, 0.2) is 0 Å². The van der Waals surface area contributed by atoms with Crippen LogP contribution in [0.4, 0.5) is 0 Å². The number of nitrogens with zero attached hydrogens (tertiary/aromatic N) is 1. The van der Waals surface area contributed by atoms with E-state index in [1.165, 1.54) is 19.3 Å². The molecule has 0 saturated carbocycles. The molecular weight excluding hydrogens is 218 g/mol. The Balaban J connectivity index is 4.00. The van der Waals surface area contributed by atoms with Gasteiger partial charge in [-0.2, -0.15) is 0 Å². The zero-order valence-electron chi connectivity index (χ0n) is 11.4. The van der Waals surface area contributed by atoms with Crippen molar-refractivity contribution in [1.82, 2.24) is 4.90 Å². The molecule has 2 atom stereocenters. The third-order valence-corrected chi connectivity index (χ3v) is 2.80. The highest BCUT2D eigenvalue weighted by molar-refractivity contribution is 5.69. The topological polar surface area (TPSA) is 60.8 Å². The van der Waals surface area contributed by atoms with E-state index in [0.717, 1.165) is 13.0 Å². The monoisotopic (exact) mass is 245 g/mol. The minimum Gasteiger partial charge on any atom is -0.481 e. The number of carbonyl (C=O) groups is 1. The Morgan fingerprint density at radius 3 is 2.29 bits per heavy atom. The Kier molecular flexibility index (Phi) is 9.09. The van der Waals surface area contributed by atoms with Crippen LogP contribution < -0.4 is 0 Å². The number of aliphatic carboxylic acids is 1. The molecule has 0 amide bonds. The molecule has 2 N–H and O–H groups in total. The van der Waals surface area contributed by atoms with Gasteiger partial charge in [0.25, 0.3) is 0 Å². The van der Waals surface area contributed by atoms with Gasteiger partial charge in [-0.05, 0) is 19.9 Å². The standard InChI is InChI=1S/C13H27NO3/c1-4-5-6-7-8-14(10-12(3)15)9-11(2)13(16)17/h11-12,15H,4-10H2,1-3H3,(H,16,17). The number of rotatable bonds is 10. The van der Waals surface area contributed by atoms with E-state index < -0.39 is 12.1 Å². The molecule has 0 saturated heterocycles. The van der Waals surface area contributed by atoms with Gasteiger partial charge in [0.2, 0.25) is 0 Å². The van der Waals surface area contributed by atoms with Crippen LogP contribution >= 0.6 is 0 Å². The van der Waals surface area contributed by atoms with E-state index in [1.807, 2.05) is 0 Å². The number of carboxylic acids is 1. The zero-order valence-corrected chi connectivity index (χ0v) is 11.4. The average molecular weight is 245 g/mol. The first kappa shape index (κ1) is 16.4. The van der Waals surface area contributed by atoms with E-state index in [-0.39, 0.29) is 5.92 Å². The predicted octanol–water partition coefficient (Wildman–Crippen LogP) is 1.97. The van der Waals surface area contributed by atoms with E-state index in [1.54, 1.807) is 13.8 Å². The van der Waals surface area contributed by atoms with Gasteiger partial charge in [-0.1, -0.05) is 33.1 Å². The average Bonchev–Trinajstić information content (AvgIpc) is 2.23. The second-order valence-electron chi connectivity index (χ2n) is 4.91. The van der Waals surface area contributed by atoms with Crippen molar-refractivity contribution in [2.75, 3.05) is 19.6 Å². The number of aliphatic hydroxyl groups is 1. The molecule has 0 rings (SSSR count). The lowest BCUT2D eigenvalue weighted by Crippen LogP contribution is -2.37. The first-order valence-corrected chi connectivity index (χ1v) is 6.60. The summed E-state index contributed by atoms with van der Waals surface area (Å²) in [4.78, 5) is 12.9. The van der Waals surface area contributed by atoms with E-state index in [0.29, 0.717) is 13.1 Å². The van der Waals surface area contributed by atoms with E-state index in [2.05, 4.69) is 11.8 Å². The molecule has 0 aromatic heterocycles. The Morgan fingerprint density at radius 1 is 1.18 bits per heavy atom. The van der Waals surface area contributed by atoms with E-state index in [4.69, 9.17) is 5.11 Å². The number of hydrogen-bond donors (Lipinski definition) is 2. The fourth-order valence-electron chi connectivity index (χ4n) is 1.86. The lowest BCUT2D eigenvalue weighted by molar-refractivity contribution is -0.141. The maximum Gasteiger partial charge on any atom is 0.307 e. The van der Waals surface area contributed by atoms with Crippen LogP contribution in [0.2, 0.25) is 0 Å². The lowest BCUT2D eigenvalue weighted by atomic mass is 10.1. The summed E-state index contributed by atoms with van der Waals surface area (Å²) in [6, 6.07) is 0. The first-order chi connectivity index (χ1) is 7.97. The highest BCUT2D eigenvalue weighted by atomic mass is 16.4. The molecule has 0 bridgehead atoms. The van der Waals surface area contributed by atoms with Crippen molar-refractivity contribution >= 4 is 5.97 Å². The highest BCUT2D eigenvalue weighted by Gasteiger charge is 2.16. The molecule has 4 heteroatoms. The summed E-state index contributed by atoms with van der Waals surface area (Å²) in [6.07, 6.45) is 4.27. The molecule has 0 aliphatic rings. The van der Waals surface area contributed by atoms with Crippen molar-refractivity contribution in [3.8, 4) is 0 Å². The second kappa shape index (κ2) is 9.42. The zero-order chi connectivity index (χ0) is 13.3. The molecule has 2 unspecified atom stereocenters. The molecule has 0 aliphatic carbocycles. The van der Waals surface area contributed by atoms with Gasteiger partial charge in [0.15, 0.2) is 0 Å². The van der Waals surface area contributed by atoms with Crippen LogP contribution in [0.25, 0.3) is 0 Å². The van der Waals surface area contributed by atoms with E-state index >= 15 is 0 Å². The Hall–Kier alpha value is -0.610. The van der Waals surface area contributed by atoms with Crippen LogP contribution in [0, 0.1) is 5.92 Å². The fourth-order valence-corrected chi connectivity index (χ4v) is 1.86. The molecule has 0 spiro atoms. The highest BCUT2D eigenvalue weighted by Crippen LogP contribution is 2.06. The van der Waals surface area contributed by atoms with Gasteiger partial charge in [0.05, 0.1) is 12.0 Å². The van der Waals surface area contributed by atoms with Crippen molar-refractivity contribution in [2.24, 2.45) is 5.92 Å². The summed E-state index contributed by atoms with van der Waals surface area (Å²) < 4.78 is 0. The third kappa shape index (κ3) is 9.12. The van der Waals surface area contributed by atoms with Gasteiger partial charge in [-0.15, -0.1) is 0 Å². The molecule has 0 heterocycles. The molecule has 102 valence electrons. The van der Waals surface area contributed by atoms with Crippen molar-refractivity contribution in [2.45, 2.75) is 52.6 Å². The van der Waals surface area contributed by atoms with Gasteiger partial charge in [-0.3, -0.25) is 9.69 Å². The quantitative estimate of drug-likeness (QED) is 0.578. The molecule has 17 heavy (non-hydrogen) atoms. The van der Waals surface area contributed by atoms with Crippen molar-refractivity contribution in [1.29, 1.82) is 0 Å². The van der Waals surface area contributed by atoms with Crippen molar-refractivity contribution in [3.63, 3.8) is 0 Å². The number of aliphatic hydroxyl groups excluding tert-OH is 1. The SMILES string of the molecule is CCCCCCN(CC(C)O)CC(C)C(=O)O. The largest absolute Gasteiger partial charge is 0.481 e. The van der Waals surface area contributed by atoms with E-state index in [9.17, 15) is 9.90 Å². The summed E-state index contributed by atoms with van der Waals surface area (Å²) in [6.45, 7) is 7.58. The third-order valence-electron chi connectivity index (χ3n) is 2.80. The fraction of sp³-hybridized carbons (Fsp3) is 0.923. The minimum atomic E-state index is -0.769. The van der Waals surface area contributed by atoms with Crippen LogP contribution in [0.3, 0.4) is 0 Å². The number of carboxylic acid groups (broad SMARTS) is 1. The maximum absolute atomic E-state index is 10.8. The smallest absolute Gasteiger partial charge is 0.307 e. The molecule has 0 radical (unpaired) electrons. The molecule has 0 aromatic rings. The summed E-state index contributed by atoms with van der Waals surface area (Å²) in [5, 5.41) is 18.3. The number of hydrogen-bond acceptors (Lipinski definition) is 3. The van der Waals surface area contributed by atoms with Crippen molar-refractivity contribution in [3.05, 3.63) is 0 Å². The van der Waals surface area contributed by atoms with Crippen LogP contribution in [-0.2, 0) is 4.79 Å². The van der Waals surface area contributed by atoms with Crippen LogP contribution in [0.1, 0.15) is 46.5 Å². The summed E-state index contributed by atoms with van der Waals surface area (Å²) in [7, 11) is 0. The minimum absolute atomic E-state index is 0.375. The first-order valence-electron chi connectivity index (χ1n) is 6.60. The molecular formula is C13H27NO3. The lowest BCUT2D eigenvalue weighted by Gasteiger charge is -2.25. The summed E-state index contributed by atoms with van der Waals surface area (Å²) in [5.41, 5.74) is 0. The normalized spacial score (nSPS) is 14.9. The van der Waals surface area contributed by atoms with Gasteiger partial charge >= 0.3 is 5.97 Å². The van der Waals surface area contributed by atoms with Gasteiger partial charge < -0.3 is 10.2 Å². The predicted molar refractivity (Wildman–Crippen MR) is 69.1 cm³/mol. The summed E-state index contributed by atoms with van der Waals surface area (Å²) in [5.74, 6) is -1.14. The van der Waals surface area contributed by atoms with Crippen LogP contribution in [0.5, 0.6) is 0 Å². The van der Waals surface area contributed by atoms with Gasteiger partial charge in [-0.25, -0.2) is 0 Å². The molecule has 0 fully saturated rings. The van der Waals surface area contributed by atoms with Gasteiger partial charge in [0, 0.05) is 13.1 Å². The Morgan fingerprint density at radius 2 is 1.82 bits per heavy atom. The molecule has 0 aliphatic heterocycles. The Labute approximate surface area is 105 Å². The molecule has 4 nitrogen and oxygen atoms in total. The van der Waals surface area contributed by atoms with Crippen molar-refractivity contribution < 1.29 is 15.0 Å². The second-order valence-corrected chi connectivity index (χ2v) is 4.91. The van der Waals surface area contributed by atoms with Gasteiger partial charge in [0.1, 0.15) is 0 Å². The maximum atomic E-state index is 10.8. The number of unbranched alkanes of at least 4 members (excludes halogenated alkanes) is 3. The Bertz CT molecular complexity index is 207. The summed E-state index contributed by atoms with van der Waals surface area (Å²) >= 11 is 0.